The predicted octanol–water partition coefficient (Wildman–Crippen LogP) is 1.37. The number of carbonyl (C=O) groups is 2. The third-order valence-electron chi connectivity index (χ3n) is 4.94. The molecule has 1 saturated carbocycles. The number of amides is 1. The van der Waals surface area contributed by atoms with Crippen LogP contribution in [0.1, 0.15) is 47.8 Å². The quantitative estimate of drug-likeness (QED) is 0.867. The van der Waals surface area contributed by atoms with E-state index in [-0.39, 0.29) is 24.6 Å². The lowest BCUT2D eigenvalue weighted by molar-refractivity contribution is -0.163. The van der Waals surface area contributed by atoms with Crippen LogP contribution in [-0.4, -0.2) is 51.2 Å². The third kappa shape index (κ3) is 2.85. The zero-order valence-corrected chi connectivity index (χ0v) is 13.4. The number of aliphatic hydroxyl groups is 1. The van der Waals surface area contributed by atoms with Crippen LogP contribution in [0.4, 0.5) is 0 Å². The monoisotopic (exact) mass is 322 g/mol. The minimum Gasteiger partial charge on any atom is -0.481 e. The van der Waals surface area contributed by atoms with Gasteiger partial charge in [0.25, 0.3) is 5.91 Å². The highest BCUT2D eigenvalue weighted by Crippen LogP contribution is 2.45. The van der Waals surface area contributed by atoms with Crippen molar-refractivity contribution < 1.29 is 24.2 Å². The van der Waals surface area contributed by atoms with Crippen molar-refractivity contribution in [3.63, 3.8) is 0 Å². The molecule has 0 aromatic carbocycles. The maximum Gasteiger partial charge on any atom is 0.314 e. The van der Waals surface area contributed by atoms with E-state index in [2.05, 4.69) is 4.98 Å². The number of likely N-dealkylation sites (tertiary alicyclic amines) is 1. The Balaban J connectivity index is 1.85. The van der Waals surface area contributed by atoms with Crippen LogP contribution in [-0.2, 0) is 4.79 Å². The molecular formula is C16H22N2O5. The van der Waals surface area contributed by atoms with Crippen LogP contribution in [0, 0.1) is 25.2 Å². The molecule has 1 aromatic heterocycles. The second-order valence-electron chi connectivity index (χ2n) is 6.79. The van der Waals surface area contributed by atoms with Crippen LogP contribution in [0.25, 0.3) is 0 Å². The van der Waals surface area contributed by atoms with Crippen molar-refractivity contribution in [2.45, 2.75) is 45.6 Å². The number of oxazole rings is 1. The van der Waals surface area contributed by atoms with E-state index in [1.54, 1.807) is 13.8 Å². The van der Waals surface area contributed by atoms with Crippen LogP contribution in [0.5, 0.6) is 0 Å². The molecule has 0 unspecified atom stereocenters. The van der Waals surface area contributed by atoms with E-state index in [4.69, 9.17) is 4.42 Å². The van der Waals surface area contributed by atoms with Gasteiger partial charge in [-0.1, -0.05) is 12.8 Å². The first-order valence-electron chi connectivity index (χ1n) is 7.98. The van der Waals surface area contributed by atoms with Crippen molar-refractivity contribution in [3.8, 4) is 0 Å². The molecule has 2 N–H and O–H groups in total. The Labute approximate surface area is 134 Å². The Morgan fingerprint density at radius 2 is 2.04 bits per heavy atom. The highest BCUT2D eigenvalue weighted by atomic mass is 16.4. The molecule has 1 amide bonds. The van der Waals surface area contributed by atoms with E-state index in [0.29, 0.717) is 30.5 Å². The summed E-state index contributed by atoms with van der Waals surface area (Å²) in [6.45, 7) is 3.69. The van der Waals surface area contributed by atoms with Gasteiger partial charge in [-0.2, -0.15) is 0 Å². The summed E-state index contributed by atoms with van der Waals surface area (Å²) in [6, 6.07) is 0. The van der Waals surface area contributed by atoms with Crippen LogP contribution >= 0.6 is 0 Å². The SMILES string of the molecule is Cc1nc(C)c(C(=O)N2CC[C@H](O)[C@](CC3CC3)(C(=O)O)C2)o1. The molecule has 2 atom stereocenters. The molecule has 23 heavy (non-hydrogen) atoms. The second-order valence-corrected chi connectivity index (χ2v) is 6.79. The average molecular weight is 322 g/mol. The van der Waals surface area contributed by atoms with Gasteiger partial charge in [0, 0.05) is 20.0 Å². The lowest BCUT2D eigenvalue weighted by Gasteiger charge is -2.43. The van der Waals surface area contributed by atoms with E-state index in [0.717, 1.165) is 12.8 Å². The molecule has 1 aliphatic carbocycles. The number of rotatable bonds is 4. The molecule has 2 aliphatic rings. The topological polar surface area (TPSA) is 104 Å². The van der Waals surface area contributed by atoms with Crippen molar-refractivity contribution in [2.24, 2.45) is 11.3 Å². The molecule has 1 aliphatic heterocycles. The molecule has 3 rings (SSSR count). The molecular weight excluding hydrogens is 300 g/mol. The molecule has 2 fully saturated rings. The summed E-state index contributed by atoms with van der Waals surface area (Å²) in [5.74, 6) is -0.476. The van der Waals surface area contributed by atoms with Crippen LogP contribution < -0.4 is 0 Å². The summed E-state index contributed by atoms with van der Waals surface area (Å²) in [6.07, 6.45) is 1.74. The Kier molecular flexibility index (Phi) is 3.91. The van der Waals surface area contributed by atoms with Crippen molar-refractivity contribution in [2.75, 3.05) is 13.1 Å². The zero-order chi connectivity index (χ0) is 16.8. The number of aryl methyl sites for hydroxylation is 2. The number of aliphatic carboxylic acids is 1. The van der Waals surface area contributed by atoms with Gasteiger partial charge < -0.3 is 19.5 Å². The van der Waals surface area contributed by atoms with Gasteiger partial charge in [0.2, 0.25) is 5.76 Å². The first-order valence-corrected chi connectivity index (χ1v) is 7.98. The van der Waals surface area contributed by atoms with Gasteiger partial charge >= 0.3 is 5.97 Å². The molecule has 126 valence electrons. The van der Waals surface area contributed by atoms with Crippen LogP contribution in [0.3, 0.4) is 0 Å². The van der Waals surface area contributed by atoms with Gasteiger partial charge in [-0.25, -0.2) is 4.98 Å². The number of aromatic nitrogens is 1. The number of carboxylic acids is 1. The molecule has 2 heterocycles. The van der Waals surface area contributed by atoms with E-state index >= 15 is 0 Å². The fraction of sp³-hybridized carbons (Fsp3) is 0.688. The smallest absolute Gasteiger partial charge is 0.314 e. The Hall–Kier alpha value is -1.89. The van der Waals surface area contributed by atoms with Gasteiger partial charge in [-0.3, -0.25) is 9.59 Å². The largest absolute Gasteiger partial charge is 0.481 e. The van der Waals surface area contributed by atoms with Crippen molar-refractivity contribution in [1.82, 2.24) is 9.88 Å². The number of carboxylic acid groups (broad SMARTS) is 1. The number of aliphatic hydroxyl groups excluding tert-OH is 1. The molecule has 1 aromatic rings. The number of nitrogens with zero attached hydrogens (tertiary/aromatic N) is 2. The molecule has 0 radical (unpaired) electrons. The van der Waals surface area contributed by atoms with Gasteiger partial charge in [0.1, 0.15) is 5.41 Å². The number of carbonyl (C=O) groups excluding carboxylic acids is 1. The minimum atomic E-state index is -1.28. The number of hydrogen-bond acceptors (Lipinski definition) is 5. The Morgan fingerprint density at radius 3 is 2.57 bits per heavy atom. The van der Waals surface area contributed by atoms with Gasteiger partial charge in [0.05, 0.1) is 11.8 Å². The molecule has 1 saturated heterocycles. The van der Waals surface area contributed by atoms with Crippen LogP contribution in [0.2, 0.25) is 0 Å². The number of piperidine rings is 1. The minimum absolute atomic E-state index is 0.0119. The lowest BCUT2D eigenvalue weighted by atomic mass is 9.73. The summed E-state index contributed by atoms with van der Waals surface area (Å²) < 4.78 is 5.37. The summed E-state index contributed by atoms with van der Waals surface area (Å²) in [5.41, 5.74) is -0.778. The normalized spacial score (nSPS) is 28.0. The molecule has 7 heteroatoms. The van der Waals surface area contributed by atoms with Gasteiger partial charge in [-0.15, -0.1) is 0 Å². The first kappa shape index (κ1) is 16.0. The highest BCUT2D eigenvalue weighted by Gasteiger charge is 2.52. The van der Waals surface area contributed by atoms with Gasteiger partial charge in [0.15, 0.2) is 5.89 Å². The van der Waals surface area contributed by atoms with Crippen molar-refractivity contribution in [1.29, 1.82) is 0 Å². The Morgan fingerprint density at radius 1 is 1.35 bits per heavy atom. The van der Waals surface area contributed by atoms with E-state index in [1.165, 1.54) is 4.90 Å². The standard InChI is InChI=1S/C16H22N2O5/c1-9-13(23-10(2)17-9)14(20)18-6-5-12(19)16(8-18,15(21)22)7-11-3-4-11/h11-12,19H,3-8H2,1-2H3,(H,21,22)/t12-,16+/m0/s1. The molecule has 0 bridgehead atoms. The fourth-order valence-electron chi connectivity index (χ4n) is 3.46. The summed E-state index contributed by atoms with van der Waals surface area (Å²) in [7, 11) is 0. The first-order chi connectivity index (χ1) is 10.8. The van der Waals surface area contributed by atoms with E-state index in [9.17, 15) is 19.8 Å². The van der Waals surface area contributed by atoms with E-state index in [1.807, 2.05) is 0 Å². The Bertz CT molecular complexity index is 636. The number of hydrogen-bond donors (Lipinski definition) is 2. The molecule has 7 nitrogen and oxygen atoms in total. The maximum absolute atomic E-state index is 12.7. The van der Waals surface area contributed by atoms with Crippen molar-refractivity contribution >= 4 is 11.9 Å². The van der Waals surface area contributed by atoms with Crippen LogP contribution in [0.15, 0.2) is 4.42 Å². The predicted molar refractivity (Wildman–Crippen MR) is 79.9 cm³/mol. The second kappa shape index (κ2) is 5.63. The van der Waals surface area contributed by atoms with Gasteiger partial charge in [-0.05, 0) is 25.7 Å². The van der Waals surface area contributed by atoms with E-state index < -0.39 is 17.5 Å². The maximum atomic E-state index is 12.7. The zero-order valence-electron chi connectivity index (χ0n) is 13.4. The van der Waals surface area contributed by atoms with Crippen molar-refractivity contribution in [3.05, 3.63) is 17.3 Å². The average Bonchev–Trinajstić information content (AvgIpc) is 3.23. The summed E-state index contributed by atoms with van der Waals surface area (Å²) in [4.78, 5) is 30.1. The third-order valence-corrected chi connectivity index (χ3v) is 4.94. The lowest BCUT2D eigenvalue weighted by Crippen LogP contribution is -2.57. The summed E-state index contributed by atoms with van der Waals surface area (Å²) >= 11 is 0. The molecule has 0 spiro atoms. The fourth-order valence-corrected chi connectivity index (χ4v) is 3.46. The summed E-state index contributed by atoms with van der Waals surface area (Å²) in [5, 5.41) is 20.1. The highest BCUT2D eigenvalue weighted by molar-refractivity contribution is 5.93.